The molecule has 0 saturated heterocycles. The fourth-order valence-electron chi connectivity index (χ4n) is 2.70. The summed E-state index contributed by atoms with van der Waals surface area (Å²) in [6.45, 7) is 5.06. The summed E-state index contributed by atoms with van der Waals surface area (Å²) in [6, 6.07) is 0.378. The Bertz CT molecular complexity index is 251. The van der Waals surface area contributed by atoms with Gasteiger partial charge in [0.1, 0.15) is 0 Å². The predicted octanol–water partition coefficient (Wildman–Crippen LogP) is 1.24. The normalized spacial score (nSPS) is 26.4. The Morgan fingerprint density at radius 1 is 1.28 bits per heavy atom. The Morgan fingerprint density at radius 3 is 2.28 bits per heavy atom. The first-order valence-electron chi connectivity index (χ1n) is 7.04. The van der Waals surface area contributed by atoms with Gasteiger partial charge in [-0.25, -0.2) is 0 Å². The molecule has 4 nitrogen and oxygen atoms in total. The maximum atomic E-state index is 12.0. The molecule has 0 aliphatic heterocycles. The molecule has 1 amide bonds. The van der Waals surface area contributed by atoms with E-state index in [1.54, 1.807) is 0 Å². The molecule has 18 heavy (non-hydrogen) atoms. The third-order valence-electron chi connectivity index (χ3n) is 3.99. The highest BCUT2D eigenvalue weighted by atomic mass is 16.3. The fourth-order valence-corrected chi connectivity index (χ4v) is 2.70. The van der Waals surface area contributed by atoms with E-state index in [0.717, 1.165) is 25.7 Å². The molecule has 0 spiro atoms. The van der Waals surface area contributed by atoms with Crippen molar-refractivity contribution in [1.29, 1.82) is 0 Å². The summed E-state index contributed by atoms with van der Waals surface area (Å²) >= 11 is 0. The summed E-state index contributed by atoms with van der Waals surface area (Å²) in [5.41, 5.74) is 0. The van der Waals surface area contributed by atoms with Crippen molar-refractivity contribution in [3.63, 3.8) is 0 Å². The number of hydrogen-bond donors (Lipinski definition) is 2. The second-order valence-corrected chi connectivity index (χ2v) is 6.03. The van der Waals surface area contributed by atoms with Crippen LogP contribution in [0.4, 0.5) is 0 Å². The molecular weight excluding hydrogens is 228 g/mol. The minimum Gasteiger partial charge on any atom is -0.393 e. The number of carbonyl (C=O) groups excluding carboxylic acids is 1. The number of aliphatic hydroxyl groups is 1. The maximum absolute atomic E-state index is 12.0. The molecule has 1 aliphatic carbocycles. The Kier molecular flexibility index (Phi) is 6.09. The molecule has 4 heteroatoms. The topological polar surface area (TPSA) is 52.6 Å². The van der Waals surface area contributed by atoms with Crippen molar-refractivity contribution in [3.05, 3.63) is 0 Å². The standard InChI is InChI=1S/C14H28N2O2/c1-10(2)13(16(3)4)9-15-14(18)11-5-7-12(17)8-6-11/h10-13,17H,5-9H2,1-4H3,(H,15,18)/t11?,12?,13-/m0/s1. The number of likely N-dealkylation sites (N-methyl/N-ethyl adjacent to an activating group) is 1. The molecule has 0 aromatic heterocycles. The number of carbonyl (C=O) groups is 1. The minimum atomic E-state index is -0.195. The van der Waals surface area contributed by atoms with Crippen molar-refractivity contribution in [2.75, 3.05) is 20.6 Å². The van der Waals surface area contributed by atoms with Crippen molar-refractivity contribution in [2.24, 2.45) is 11.8 Å². The molecule has 0 heterocycles. The summed E-state index contributed by atoms with van der Waals surface area (Å²) in [5.74, 6) is 0.784. The van der Waals surface area contributed by atoms with Crippen LogP contribution in [0.25, 0.3) is 0 Å². The molecule has 1 atom stereocenters. The van der Waals surface area contributed by atoms with E-state index in [1.807, 2.05) is 14.1 Å². The number of amides is 1. The highest BCUT2D eigenvalue weighted by Gasteiger charge is 2.26. The van der Waals surface area contributed by atoms with Crippen LogP contribution in [0, 0.1) is 11.8 Å². The lowest BCUT2D eigenvalue weighted by molar-refractivity contribution is -0.126. The first kappa shape index (κ1) is 15.4. The number of nitrogens with zero attached hydrogens (tertiary/aromatic N) is 1. The maximum Gasteiger partial charge on any atom is 0.223 e. The van der Waals surface area contributed by atoms with Crippen LogP contribution in [0.5, 0.6) is 0 Å². The summed E-state index contributed by atoms with van der Waals surface area (Å²) in [7, 11) is 4.10. The van der Waals surface area contributed by atoms with Gasteiger partial charge < -0.3 is 15.3 Å². The van der Waals surface area contributed by atoms with Crippen LogP contribution in [0.15, 0.2) is 0 Å². The van der Waals surface area contributed by atoms with E-state index in [2.05, 4.69) is 24.1 Å². The van der Waals surface area contributed by atoms with Gasteiger partial charge >= 0.3 is 0 Å². The van der Waals surface area contributed by atoms with E-state index in [9.17, 15) is 9.90 Å². The minimum absolute atomic E-state index is 0.100. The van der Waals surface area contributed by atoms with Crippen molar-refractivity contribution in [1.82, 2.24) is 10.2 Å². The molecule has 0 radical (unpaired) electrons. The smallest absolute Gasteiger partial charge is 0.223 e. The van der Waals surface area contributed by atoms with Gasteiger partial charge in [0, 0.05) is 18.5 Å². The van der Waals surface area contributed by atoms with Crippen molar-refractivity contribution >= 4 is 5.91 Å². The Morgan fingerprint density at radius 2 is 1.83 bits per heavy atom. The van der Waals surface area contributed by atoms with Gasteiger partial charge in [0.05, 0.1) is 6.10 Å². The van der Waals surface area contributed by atoms with Crippen molar-refractivity contribution in [2.45, 2.75) is 51.7 Å². The number of nitrogens with one attached hydrogen (secondary N) is 1. The summed E-state index contributed by atoms with van der Waals surface area (Å²) < 4.78 is 0. The molecule has 1 fully saturated rings. The van der Waals surface area contributed by atoms with Gasteiger partial charge in [-0.2, -0.15) is 0 Å². The van der Waals surface area contributed by atoms with Crippen LogP contribution in [0.2, 0.25) is 0 Å². The molecule has 2 N–H and O–H groups in total. The first-order chi connectivity index (χ1) is 8.41. The van der Waals surface area contributed by atoms with E-state index in [0.29, 0.717) is 18.5 Å². The zero-order valence-corrected chi connectivity index (χ0v) is 12.1. The van der Waals surface area contributed by atoms with E-state index in [-0.39, 0.29) is 17.9 Å². The van der Waals surface area contributed by atoms with Crippen molar-refractivity contribution < 1.29 is 9.90 Å². The van der Waals surface area contributed by atoms with E-state index in [4.69, 9.17) is 0 Å². The Balaban J connectivity index is 2.36. The predicted molar refractivity (Wildman–Crippen MR) is 73.3 cm³/mol. The van der Waals surface area contributed by atoms with Gasteiger partial charge in [0.2, 0.25) is 5.91 Å². The summed E-state index contributed by atoms with van der Waals surface area (Å²) in [4.78, 5) is 14.2. The number of aliphatic hydroxyl groups excluding tert-OH is 1. The van der Waals surface area contributed by atoms with Gasteiger partial charge in [-0.3, -0.25) is 4.79 Å². The summed E-state index contributed by atoms with van der Waals surface area (Å²) in [5, 5.41) is 12.5. The van der Waals surface area contributed by atoms with Crippen molar-refractivity contribution in [3.8, 4) is 0 Å². The second kappa shape index (κ2) is 7.10. The van der Waals surface area contributed by atoms with Crippen LogP contribution >= 0.6 is 0 Å². The van der Waals surface area contributed by atoms with E-state index < -0.39 is 0 Å². The first-order valence-corrected chi connectivity index (χ1v) is 7.04. The van der Waals surface area contributed by atoms with Gasteiger partial charge in [0.15, 0.2) is 0 Å². The van der Waals surface area contributed by atoms with Crippen LogP contribution in [0.1, 0.15) is 39.5 Å². The lowest BCUT2D eigenvalue weighted by atomic mass is 9.87. The molecule has 0 unspecified atom stereocenters. The monoisotopic (exact) mass is 256 g/mol. The SMILES string of the molecule is CC(C)[C@H](CNC(=O)C1CCC(O)CC1)N(C)C. The molecule has 106 valence electrons. The third kappa shape index (κ3) is 4.58. The molecule has 1 saturated carbocycles. The zero-order valence-electron chi connectivity index (χ0n) is 12.1. The molecular formula is C14H28N2O2. The summed E-state index contributed by atoms with van der Waals surface area (Å²) in [6.07, 6.45) is 2.97. The van der Waals surface area contributed by atoms with Gasteiger partial charge in [-0.05, 0) is 45.7 Å². The van der Waals surface area contributed by atoms with Crippen LogP contribution in [0.3, 0.4) is 0 Å². The number of hydrogen-bond acceptors (Lipinski definition) is 3. The third-order valence-corrected chi connectivity index (χ3v) is 3.99. The van der Waals surface area contributed by atoms with E-state index in [1.165, 1.54) is 0 Å². The van der Waals surface area contributed by atoms with Gasteiger partial charge in [0.25, 0.3) is 0 Å². The molecule has 1 aliphatic rings. The highest BCUT2D eigenvalue weighted by Crippen LogP contribution is 2.24. The van der Waals surface area contributed by atoms with E-state index >= 15 is 0 Å². The average Bonchev–Trinajstić information content (AvgIpc) is 2.28. The quantitative estimate of drug-likeness (QED) is 0.778. The van der Waals surface area contributed by atoms with Crippen LogP contribution in [-0.4, -0.2) is 48.7 Å². The Hall–Kier alpha value is -0.610. The molecule has 0 aromatic rings. The van der Waals surface area contributed by atoms with Gasteiger partial charge in [-0.1, -0.05) is 13.8 Å². The molecule has 0 bridgehead atoms. The zero-order chi connectivity index (χ0) is 13.7. The number of rotatable bonds is 5. The molecule has 1 rings (SSSR count). The average molecular weight is 256 g/mol. The largest absolute Gasteiger partial charge is 0.393 e. The Labute approximate surface area is 111 Å². The second-order valence-electron chi connectivity index (χ2n) is 6.03. The van der Waals surface area contributed by atoms with Crippen LogP contribution < -0.4 is 5.32 Å². The van der Waals surface area contributed by atoms with Gasteiger partial charge in [-0.15, -0.1) is 0 Å². The highest BCUT2D eigenvalue weighted by molar-refractivity contribution is 5.78. The fraction of sp³-hybridized carbons (Fsp3) is 0.929. The molecule has 0 aromatic carbocycles. The lowest BCUT2D eigenvalue weighted by Gasteiger charge is -2.30. The lowest BCUT2D eigenvalue weighted by Crippen LogP contribution is -2.45. The van der Waals surface area contributed by atoms with Crippen LogP contribution in [-0.2, 0) is 4.79 Å².